The Morgan fingerprint density at radius 3 is 2.61 bits per heavy atom. The van der Waals surface area contributed by atoms with Crippen molar-refractivity contribution in [3.8, 4) is 0 Å². The molecule has 1 aromatic carbocycles. The van der Waals surface area contributed by atoms with Crippen molar-refractivity contribution in [1.82, 2.24) is 0 Å². The van der Waals surface area contributed by atoms with Crippen LogP contribution in [-0.4, -0.2) is 16.8 Å². The second kappa shape index (κ2) is 7.65. The molecule has 6 nitrogen and oxygen atoms in total. The minimum absolute atomic E-state index is 0.0805. The Morgan fingerprint density at radius 1 is 1.39 bits per heavy atom. The number of thiol groups is 1. The van der Waals surface area contributed by atoms with Crippen molar-refractivity contribution in [2.45, 2.75) is 6.54 Å². The monoisotopic (exact) mass is 283 g/mol. The molecule has 0 heterocycles. The van der Waals surface area contributed by atoms with Crippen molar-refractivity contribution in [2.24, 2.45) is 5.11 Å². The van der Waals surface area contributed by atoms with Crippen LogP contribution in [0.1, 0.15) is 15.9 Å². The molecule has 0 saturated carbocycles. The number of benzene rings is 1. The summed E-state index contributed by atoms with van der Waals surface area (Å²) in [5.41, 5.74) is 9.45. The van der Waals surface area contributed by atoms with Gasteiger partial charge in [-0.25, -0.2) is 0 Å². The Morgan fingerprint density at radius 2 is 2.06 bits per heavy atom. The molecule has 94 valence electrons. The first kappa shape index (κ1) is 14.4. The summed E-state index contributed by atoms with van der Waals surface area (Å²) in [4.78, 5) is 25.1. The van der Waals surface area contributed by atoms with E-state index in [1.165, 1.54) is 0 Å². The van der Waals surface area contributed by atoms with E-state index in [4.69, 9.17) is 5.53 Å². The van der Waals surface area contributed by atoms with Gasteiger partial charge in [0.2, 0.25) is 5.12 Å². The highest BCUT2D eigenvalue weighted by Gasteiger charge is 2.10. The molecule has 0 fully saturated rings. The molecule has 0 bridgehead atoms. The molecule has 1 rings (SSSR count). The fraction of sp³-hybridized carbons (Fsp3) is 0.200. The van der Waals surface area contributed by atoms with E-state index in [-0.39, 0.29) is 17.4 Å². The predicted molar refractivity (Wildman–Crippen MR) is 71.2 cm³/mol. The maximum absolute atomic E-state index is 11.6. The standard InChI is InChI=1S/C10H9N3O3S2/c11-13-12-5-7-1-3-8(4-2-7)10(15)18-6-9(14)16-17/h1-4,17H,5-6H2. The third kappa shape index (κ3) is 4.70. The number of hydrogen-bond acceptors (Lipinski definition) is 6. The van der Waals surface area contributed by atoms with Gasteiger partial charge in [-0.15, -0.1) is 0 Å². The van der Waals surface area contributed by atoms with Gasteiger partial charge in [0.1, 0.15) is 5.75 Å². The molecule has 0 saturated heterocycles. The molecule has 0 aliphatic heterocycles. The molecular formula is C10H9N3O3S2. The zero-order valence-corrected chi connectivity index (χ0v) is 10.9. The Hall–Kier alpha value is -1.63. The normalized spacial score (nSPS) is 9.39. The number of carbonyl (C=O) groups excluding carboxylic acids is 2. The van der Waals surface area contributed by atoms with Crippen LogP contribution in [0.5, 0.6) is 0 Å². The Bertz CT molecular complexity index is 484. The van der Waals surface area contributed by atoms with Gasteiger partial charge >= 0.3 is 5.97 Å². The highest BCUT2D eigenvalue weighted by atomic mass is 32.2. The van der Waals surface area contributed by atoms with Crippen molar-refractivity contribution in [2.75, 3.05) is 5.75 Å². The minimum Gasteiger partial charge on any atom is -0.394 e. The Balaban J connectivity index is 2.58. The topological polar surface area (TPSA) is 92.1 Å². The number of thioether (sulfide) groups is 1. The lowest BCUT2D eigenvalue weighted by molar-refractivity contribution is -0.129. The molecule has 1 aromatic rings. The summed E-state index contributed by atoms with van der Waals surface area (Å²) in [5.74, 6) is -0.653. The quantitative estimate of drug-likeness (QED) is 0.295. The highest BCUT2D eigenvalue weighted by molar-refractivity contribution is 8.14. The van der Waals surface area contributed by atoms with Gasteiger partial charge in [-0.3, -0.25) is 9.59 Å². The molecule has 0 amide bonds. The molecule has 18 heavy (non-hydrogen) atoms. The van der Waals surface area contributed by atoms with Crippen molar-refractivity contribution in [3.63, 3.8) is 0 Å². The minimum atomic E-state index is -0.573. The second-order valence-electron chi connectivity index (χ2n) is 3.13. The number of rotatable bonds is 5. The van der Waals surface area contributed by atoms with Crippen LogP contribution in [0.2, 0.25) is 0 Å². The smallest absolute Gasteiger partial charge is 0.328 e. The van der Waals surface area contributed by atoms with Gasteiger partial charge < -0.3 is 4.18 Å². The van der Waals surface area contributed by atoms with Gasteiger partial charge in [-0.1, -0.05) is 41.1 Å². The van der Waals surface area contributed by atoms with Crippen LogP contribution >= 0.6 is 24.7 Å². The van der Waals surface area contributed by atoms with Crippen molar-refractivity contribution in [1.29, 1.82) is 0 Å². The van der Waals surface area contributed by atoms with Crippen molar-refractivity contribution < 1.29 is 13.8 Å². The van der Waals surface area contributed by atoms with Crippen LogP contribution in [0.3, 0.4) is 0 Å². The van der Waals surface area contributed by atoms with Gasteiger partial charge in [0.05, 0.1) is 6.54 Å². The molecule has 0 atom stereocenters. The van der Waals surface area contributed by atoms with Gasteiger partial charge in [0.25, 0.3) is 0 Å². The molecule has 0 aliphatic carbocycles. The van der Waals surface area contributed by atoms with E-state index in [9.17, 15) is 9.59 Å². The van der Waals surface area contributed by atoms with Crippen LogP contribution in [0.15, 0.2) is 29.4 Å². The Labute approximate surface area is 113 Å². The molecule has 8 heteroatoms. The maximum Gasteiger partial charge on any atom is 0.328 e. The van der Waals surface area contributed by atoms with Crippen molar-refractivity contribution >= 4 is 35.8 Å². The fourth-order valence-corrected chi connectivity index (χ4v) is 1.86. The second-order valence-corrected chi connectivity index (χ2v) is 4.26. The first-order valence-corrected chi connectivity index (χ1v) is 6.13. The number of azide groups is 1. The summed E-state index contributed by atoms with van der Waals surface area (Å²) >= 11 is 4.18. The number of hydrogen-bond donors (Lipinski definition) is 1. The molecule has 0 aliphatic rings. The van der Waals surface area contributed by atoms with Crippen molar-refractivity contribution in [3.05, 3.63) is 45.8 Å². The summed E-state index contributed by atoms with van der Waals surface area (Å²) in [6.07, 6.45) is 0. The largest absolute Gasteiger partial charge is 0.394 e. The molecule has 0 N–H and O–H groups in total. The maximum atomic E-state index is 11.6. The SMILES string of the molecule is [N-]=[N+]=NCc1ccc(C(=O)SCC(=O)OS)cc1. The van der Waals surface area contributed by atoms with Gasteiger partial charge in [-0.05, 0) is 11.1 Å². The van der Waals surface area contributed by atoms with Crippen LogP contribution in [0.25, 0.3) is 10.4 Å². The zero-order chi connectivity index (χ0) is 13.4. The van der Waals surface area contributed by atoms with Gasteiger partial charge in [-0.2, -0.15) is 0 Å². The zero-order valence-electron chi connectivity index (χ0n) is 9.15. The third-order valence-electron chi connectivity index (χ3n) is 1.93. The van der Waals surface area contributed by atoms with Gasteiger partial charge in [0.15, 0.2) is 0 Å². The average molecular weight is 283 g/mol. The first-order chi connectivity index (χ1) is 8.67. The molecule has 0 unspecified atom stereocenters. The van der Waals surface area contributed by atoms with E-state index in [1.54, 1.807) is 24.3 Å². The van der Waals surface area contributed by atoms with E-state index >= 15 is 0 Å². The molecular weight excluding hydrogens is 274 g/mol. The van der Waals surface area contributed by atoms with Gasteiger partial charge in [0, 0.05) is 23.4 Å². The third-order valence-corrected chi connectivity index (χ3v) is 3.01. The van der Waals surface area contributed by atoms with Crippen LogP contribution in [0, 0.1) is 0 Å². The lowest BCUT2D eigenvalue weighted by Crippen LogP contribution is -2.04. The molecule has 0 radical (unpaired) electrons. The lowest BCUT2D eigenvalue weighted by Gasteiger charge is -2.01. The van der Waals surface area contributed by atoms with Crippen LogP contribution in [-0.2, 0) is 15.5 Å². The fourth-order valence-electron chi connectivity index (χ4n) is 1.09. The van der Waals surface area contributed by atoms with E-state index < -0.39 is 5.97 Å². The van der Waals surface area contributed by atoms with E-state index in [2.05, 4.69) is 27.1 Å². The first-order valence-electron chi connectivity index (χ1n) is 4.78. The molecule has 0 aromatic heterocycles. The summed E-state index contributed by atoms with van der Waals surface area (Å²) in [6.45, 7) is 0.240. The summed E-state index contributed by atoms with van der Waals surface area (Å²) < 4.78 is 4.14. The Kier molecular flexibility index (Phi) is 6.13. The summed E-state index contributed by atoms with van der Waals surface area (Å²) in [7, 11) is 0. The van der Waals surface area contributed by atoms with E-state index in [0.29, 0.717) is 5.56 Å². The van der Waals surface area contributed by atoms with E-state index in [1.807, 2.05) is 0 Å². The summed E-state index contributed by atoms with van der Waals surface area (Å²) in [6, 6.07) is 6.62. The lowest BCUT2D eigenvalue weighted by atomic mass is 10.1. The van der Waals surface area contributed by atoms with E-state index in [0.717, 1.165) is 17.3 Å². The highest BCUT2D eigenvalue weighted by Crippen LogP contribution is 2.14. The van der Waals surface area contributed by atoms with Crippen LogP contribution in [0.4, 0.5) is 0 Å². The number of carbonyl (C=O) groups is 2. The molecule has 0 spiro atoms. The predicted octanol–water partition coefficient (Wildman–Crippen LogP) is 2.76. The summed E-state index contributed by atoms with van der Waals surface area (Å²) in [5, 5.41) is 3.18. The van der Waals surface area contributed by atoms with Crippen LogP contribution < -0.4 is 0 Å². The number of nitrogens with zero attached hydrogens (tertiary/aromatic N) is 3. The average Bonchev–Trinajstić information content (AvgIpc) is 2.42.